The van der Waals surface area contributed by atoms with Gasteiger partial charge in [-0.2, -0.15) is 0 Å². The fourth-order valence-corrected chi connectivity index (χ4v) is 3.67. The maximum absolute atomic E-state index is 8.55. The fourth-order valence-electron chi connectivity index (χ4n) is 3.67. The fraction of sp³-hybridized carbons (Fsp3) is 0.156. The van der Waals surface area contributed by atoms with Crippen molar-refractivity contribution in [2.75, 3.05) is 0 Å². The van der Waals surface area contributed by atoms with Crippen molar-refractivity contribution in [1.29, 1.82) is 0 Å². The maximum atomic E-state index is 8.55. The van der Waals surface area contributed by atoms with Gasteiger partial charge >= 0.3 is 0 Å². The molecule has 5 heteroatoms. The number of nitrogens with zero attached hydrogens (tertiary/aromatic N) is 3. The van der Waals surface area contributed by atoms with Crippen molar-refractivity contribution < 1.29 is 42.3 Å². The molecule has 0 atom stereocenters. The van der Waals surface area contributed by atoms with Crippen molar-refractivity contribution in [3.05, 3.63) is 114 Å². The summed E-state index contributed by atoms with van der Waals surface area (Å²) in [6, 6.07) is 24.6. The van der Waals surface area contributed by atoms with Gasteiger partial charge < -0.3 is 14.4 Å². The van der Waals surface area contributed by atoms with Gasteiger partial charge in [0.1, 0.15) is 0 Å². The van der Waals surface area contributed by atoms with Crippen LogP contribution in [0.25, 0.3) is 44.6 Å². The van der Waals surface area contributed by atoms with E-state index in [1.54, 1.807) is 48.7 Å². The van der Waals surface area contributed by atoms with Crippen LogP contribution in [0, 0.1) is 25.8 Å². The van der Waals surface area contributed by atoms with Gasteiger partial charge in [0.2, 0.25) is 5.71 Å². The average Bonchev–Trinajstić information content (AvgIpc) is 3.42. The second-order valence-electron chi connectivity index (χ2n) is 7.75. The van der Waals surface area contributed by atoms with Gasteiger partial charge in [0.05, 0.1) is 5.58 Å². The molecule has 187 valence electrons. The van der Waals surface area contributed by atoms with E-state index in [1.807, 2.05) is 18.2 Å². The topological polar surface area (TPSA) is 51.8 Å². The number of aromatic nitrogens is 3. The summed E-state index contributed by atoms with van der Waals surface area (Å²) in [4.78, 5) is 12.4. The summed E-state index contributed by atoms with van der Waals surface area (Å²) in [7, 11) is 0. The molecule has 6 aromatic rings. The van der Waals surface area contributed by atoms with E-state index in [-0.39, 0.29) is 36.9 Å². The smallest absolute Gasteiger partial charge is 0.216 e. The molecule has 4 heterocycles. The second-order valence-corrected chi connectivity index (χ2v) is 7.75. The van der Waals surface area contributed by atoms with E-state index in [2.05, 4.69) is 27.1 Å². The molecule has 0 aliphatic carbocycles. The van der Waals surface area contributed by atoms with Gasteiger partial charge in [-0.15, -0.1) is 54.1 Å². The Morgan fingerprint density at radius 1 is 0.865 bits per heavy atom. The number of furan rings is 1. The predicted octanol–water partition coefficient (Wildman–Crippen LogP) is 8.13. The first-order chi connectivity index (χ1) is 22.7. The minimum Gasteiger partial charge on any atom is -0.486 e. The average molecular weight is 675 g/mol. The molecule has 0 amide bonds. The summed E-state index contributed by atoms with van der Waals surface area (Å²) < 4.78 is 106. The Hall–Kier alpha value is -3.66. The minimum atomic E-state index is -3.37. The zero-order chi connectivity index (χ0) is 36.0. The van der Waals surface area contributed by atoms with Crippen LogP contribution < -0.4 is 0 Å². The molecule has 6 rings (SSSR count). The van der Waals surface area contributed by atoms with Crippen LogP contribution in [0.1, 0.15) is 54.1 Å². The van der Waals surface area contributed by atoms with E-state index in [9.17, 15) is 0 Å². The Balaban J connectivity index is 0.000000277. The summed E-state index contributed by atoms with van der Waals surface area (Å²) >= 11 is 0. The van der Waals surface area contributed by atoms with Crippen LogP contribution in [0.15, 0.2) is 89.7 Å². The van der Waals surface area contributed by atoms with Crippen LogP contribution in [-0.2, 0) is 20.1 Å². The number of benzene rings is 2. The Labute approximate surface area is 249 Å². The second kappa shape index (κ2) is 11.6. The van der Waals surface area contributed by atoms with Gasteiger partial charge in [-0.1, -0.05) is 42.9 Å². The maximum Gasteiger partial charge on any atom is 0.216 e. The van der Waals surface area contributed by atoms with Crippen molar-refractivity contribution in [3.63, 3.8) is 0 Å². The first-order valence-electron chi connectivity index (χ1n) is 17.4. The number of hydrogen-bond acceptors (Lipinski definition) is 4. The Kier molecular flexibility index (Phi) is 4.49. The minimum absolute atomic E-state index is 0. The van der Waals surface area contributed by atoms with Crippen molar-refractivity contribution in [3.8, 4) is 22.5 Å². The first-order valence-corrected chi connectivity index (χ1v) is 10.9. The molecule has 0 saturated carbocycles. The molecule has 1 radical (unpaired) electrons. The SMILES string of the molecule is [2H]C([2H])([2H])c1ccc(-c2[c-]cccc2)nc1.[2H]C([2H])([2H])c1cnc(-c2[c-]ccc3c2oc2ncccc23)cc1C([2H])(C([2H])([2H])[2H])C([2H])([2H])[2H].[Ir]. The Morgan fingerprint density at radius 3 is 2.54 bits per heavy atom. The number of fused-ring (bicyclic) bond motifs is 3. The summed E-state index contributed by atoms with van der Waals surface area (Å²) in [6.45, 7) is -11.7. The van der Waals surface area contributed by atoms with Crippen LogP contribution in [0.3, 0.4) is 0 Å². The number of hydrogen-bond donors (Lipinski definition) is 0. The van der Waals surface area contributed by atoms with Gasteiger partial charge in [-0.25, -0.2) is 4.98 Å². The molecule has 2 aromatic carbocycles. The van der Waals surface area contributed by atoms with E-state index in [0.29, 0.717) is 22.1 Å². The van der Waals surface area contributed by atoms with Crippen LogP contribution in [0.2, 0.25) is 0 Å². The first kappa shape index (κ1) is 14.3. The normalized spacial score (nSPS) is 17.6. The van der Waals surface area contributed by atoms with E-state index in [4.69, 9.17) is 22.2 Å². The summed E-state index contributed by atoms with van der Waals surface area (Å²) in [5, 5.41) is 1.38. The zero-order valence-electron chi connectivity index (χ0n) is 32.2. The summed E-state index contributed by atoms with van der Waals surface area (Å²) in [5.41, 5.74) is 1.48. The van der Waals surface area contributed by atoms with Crippen molar-refractivity contribution in [2.45, 2.75) is 33.3 Å². The zero-order valence-corrected chi connectivity index (χ0v) is 21.6. The molecular formula is C32H27IrN3O-2. The third-order valence-corrected chi connectivity index (χ3v) is 5.39. The molecule has 4 aromatic heterocycles. The van der Waals surface area contributed by atoms with Crippen LogP contribution in [0.4, 0.5) is 0 Å². The Morgan fingerprint density at radius 2 is 1.78 bits per heavy atom. The third-order valence-electron chi connectivity index (χ3n) is 5.39. The van der Waals surface area contributed by atoms with Crippen LogP contribution in [0.5, 0.6) is 0 Å². The largest absolute Gasteiger partial charge is 0.486 e. The van der Waals surface area contributed by atoms with Gasteiger partial charge in [-0.3, -0.25) is 0 Å². The molecule has 4 nitrogen and oxygen atoms in total. The van der Waals surface area contributed by atoms with E-state index in [0.717, 1.165) is 23.5 Å². The van der Waals surface area contributed by atoms with Gasteiger partial charge in [-0.05, 0) is 59.8 Å². The van der Waals surface area contributed by atoms with Crippen molar-refractivity contribution >= 4 is 22.1 Å². The molecule has 37 heavy (non-hydrogen) atoms. The summed E-state index contributed by atoms with van der Waals surface area (Å²) in [5.74, 6) is -3.22. The van der Waals surface area contributed by atoms with Crippen molar-refractivity contribution in [2.24, 2.45) is 0 Å². The number of rotatable bonds is 3. The molecule has 0 saturated heterocycles. The molecule has 0 N–H and O–H groups in total. The van der Waals surface area contributed by atoms with Gasteiger partial charge in [0.15, 0.2) is 0 Å². The quantitative estimate of drug-likeness (QED) is 0.178. The van der Waals surface area contributed by atoms with Crippen molar-refractivity contribution in [1.82, 2.24) is 15.0 Å². The molecular weight excluding hydrogens is 635 g/mol. The molecule has 0 fully saturated rings. The third kappa shape index (κ3) is 5.69. The van der Waals surface area contributed by atoms with E-state index in [1.165, 1.54) is 6.20 Å². The summed E-state index contributed by atoms with van der Waals surface area (Å²) in [6.07, 6.45) is 3.84. The van der Waals surface area contributed by atoms with Gasteiger partial charge in [0.25, 0.3) is 0 Å². The van der Waals surface area contributed by atoms with Crippen LogP contribution in [-0.4, -0.2) is 15.0 Å². The van der Waals surface area contributed by atoms with E-state index >= 15 is 0 Å². The van der Waals surface area contributed by atoms with Gasteiger partial charge in [0, 0.05) is 61.9 Å². The van der Waals surface area contributed by atoms with E-state index < -0.39 is 44.4 Å². The molecule has 0 bridgehead atoms. The predicted molar refractivity (Wildman–Crippen MR) is 146 cm³/mol. The number of pyridine rings is 3. The standard InChI is InChI=1S/C20H17N2O.C12H10N.Ir/c1-12(2)17-10-18(22-11-13(17)3)16-7-4-6-14-15-8-5-9-21-20(15)23-19(14)16;1-10-7-8-12(13-9-10)11-5-3-2-4-6-11;/h4-6,8-12H,1-3H3;2-5,7-9H,1H3;/q2*-1;/i1D3,2D3,3D3,12D;1D3;. The molecule has 0 aliphatic rings. The monoisotopic (exact) mass is 675 g/mol. The molecule has 0 unspecified atom stereocenters. The van der Waals surface area contributed by atoms with Crippen LogP contribution >= 0.6 is 0 Å². The molecule has 0 spiro atoms. The number of aryl methyl sites for hydroxylation is 2. The Bertz CT molecular complexity index is 2070. The molecule has 0 aliphatic heterocycles.